The van der Waals surface area contributed by atoms with Crippen LogP contribution >= 0.6 is 0 Å². The molecule has 0 aliphatic carbocycles. The van der Waals surface area contributed by atoms with E-state index in [0.717, 1.165) is 5.69 Å². The van der Waals surface area contributed by atoms with E-state index < -0.39 is 6.23 Å². The third-order valence-corrected chi connectivity index (χ3v) is 3.21. The van der Waals surface area contributed by atoms with Crippen LogP contribution in [0.1, 0.15) is 32.0 Å². The minimum atomic E-state index is -0.705. The van der Waals surface area contributed by atoms with Crippen LogP contribution in [0.15, 0.2) is 18.5 Å². The minimum absolute atomic E-state index is 0.241. The number of pyridine rings is 1. The SMILES string of the molecule is Cc1cc(F)c(CNC(O)C(C)(C)C)c2nccn12. The van der Waals surface area contributed by atoms with Gasteiger partial charge in [-0.3, -0.25) is 5.32 Å². The summed E-state index contributed by atoms with van der Waals surface area (Å²) in [5.74, 6) is -0.301. The van der Waals surface area contributed by atoms with Crippen molar-refractivity contribution in [3.63, 3.8) is 0 Å². The Balaban J connectivity index is 2.28. The molecule has 4 nitrogen and oxygen atoms in total. The minimum Gasteiger partial charge on any atom is -0.378 e. The molecule has 2 aromatic rings. The van der Waals surface area contributed by atoms with E-state index in [1.54, 1.807) is 12.4 Å². The Morgan fingerprint density at radius 3 is 2.79 bits per heavy atom. The van der Waals surface area contributed by atoms with Crippen LogP contribution in [-0.2, 0) is 6.54 Å². The standard InChI is InChI=1S/C14H20FN3O/c1-9-7-11(15)10(12-16-5-6-18(9)12)8-17-13(19)14(2,3)4/h5-7,13,17,19H,8H2,1-4H3. The van der Waals surface area contributed by atoms with E-state index in [0.29, 0.717) is 11.2 Å². The Hall–Kier alpha value is -1.46. The van der Waals surface area contributed by atoms with Crippen molar-refractivity contribution in [1.29, 1.82) is 0 Å². The molecule has 2 heterocycles. The topological polar surface area (TPSA) is 49.6 Å². The van der Waals surface area contributed by atoms with E-state index in [-0.39, 0.29) is 17.8 Å². The molecule has 0 amide bonds. The normalized spacial score (nSPS) is 14.0. The molecule has 104 valence electrons. The number of fused-ring (bicyclic) bond motifs is 1. The first-order chi connectivity index (χ1) is 8.80. The molecule has 19 heavy (non-hydrogen) atoms. The third kappa shape index (κ3) is 2.77. The molecule has 2 aromatic heterocycles. The summed E-state index contributed by atoms with van der Waals surface area (Å²) in [7, 11) is 0. The molecular formula is C14H20FN3O. The maximum atomic E-state index is 14.0. The van der Waals surface area contributed by atoms with E-state index in [9.17, 15) is 9.50 Å². The van der Waals surface area contributed by atoms with Crippen molar-refractivity contribution in [1.82, 2.24) is 14.7 Å². The lowest BCUT2D eigenvalue weighted by atomic mass is 9.94. The quantitative estimate of drug-likeness (QED) is 0.837. The maximum absolute atomic E-state index is 14.0. The smallest absolute Gasteiger partial charge is 0.144 e. The summed E-state index contributed by atoms with van der Waals surface area (Å²) >= 11 is 0. The summed E-state index contributed by atoms with van der Waals surface area (Å²) in [5.41, 5.74) is 1.56. The van der Waals surface area contributed by atoms with E-state index in [1.165, 1.54) is 6.07 Å². The van der Waals surface area contributed by atoms with Crippen LogP contribution in [0.5, 0.6) is 0 Å². The summed E-state index contributed by atoms with van der Waals surface area (Å²) in [6.45, 7) is 7.83. The molecule has 0 aromatic carbocycles. The highest BCUT2D eigenvalue weighted by Gasteiger charge is 2.22. The number of aromatic nitrogens is 2. The Morgan fingerprint density at radius 2 is 2.16 bits per heavy atom. The summed E-state index contributed by atoms with van der Waals surface area (Å²) in [6, 6.07) is 1.48. The number of nitrogens with zero attached hydrogens (tertiary/aromatic N) is 2. The number of aliphatic hydroxyl groups is 1. The number of rotatable bonds is 3. The van der Waals surface area contributed by atoms with Gasteiger partial charge in [-0.05, 0) is 13.0 Å². The zero-order valence-corrected chi connectivity index (χ0v) is 11.7. The monoisotopic (exact) mass is 265 g/mol. The zero-order chi connectivity index (χ0) is 14.2. The summed E-state index contributed by atoms with van der Waals surface area (Å²) in [4.78, 5) is 4.18. The van der Waals surface area contributed by atoms with E-state index >= 15 is 0 Å². The number of hydrogen-bond donors (Lipinski definition) is 2. The number of aliphatic hydroxyl groups excluding tert-OH is 1. The molecule has 1 atom stereocenters. The van der Waals surface area contributed by atoms with Gasteiger partial charge in [-0.25, -0.2) is 9.37 Å². The Kier molecular flexibility index (Phi) is 3.60. The van der Waals surface area contributed by atoms with Crippen molar-refractivity contribution in [2.24, 2.45) is 5.41 Å². The average Bonchev–Trinajstić information content (AvgIpc) is 2.76. The molecule has 1 unspecified atom stereocenters. The first-order valence-corrected chi connectivity index (χ1v) is 6.33. The Morgan fingerprint density at radius 1 is 1.47 bits per heavy atom. The molecule has 2 N–H and O–H groups in total. The number of hydrogen-bond acceptors (Lipinski definition) is 3. The molecule has 0 fully saturated rings. The number of nitrogens with one attached hydrogen (secondary N) is 1. The van der Waals surface area contributed by atoms with Gasteiger partial charge >= 0.3 is 0 Å². The summed E-state index contributed by atoms with van der Waals surface area (Å²) in [5, 5.41) is 12.9. The highest BCUT2D eigenvalue weighted by atomic mass is 19.1. The van der Waals surface area contributed by atoms with Gasteiger partial charge in [-0.2, -0.15) is 0 Å². The van der Waals surface area contributed by atoms with Crippen LogP contribution < -0.4 is 5.32 Å². The van der Waals surface area contributed by atoms with Gasteiger partial charge < -0.3 is 9.51 Å². The molecular weight excluding hydrogens is 245 g/mol. The van der Waals surface area contributed by atoms with Gasteiger partial charge in [0.1, 0.15) is 17.7 Å². The maximum Gasteiger partial charge on any atom is 0.144 e. The summed E-state index contributed by atoms with van der Waals surface area (Å²) in [6.07, 6.45) is 2.74. The molecule has 0 saturated heterocycles. The van der Waals surface area contributed by atoms with Crippen LogP contribution in [0.2, 0.25) is 0 Å². The average molecular weight is 265 g/mol. The second-order valence-corrected chi connectivity index (χ2v) is 5.88. The lowest BCUT2D eigenvalue weighted by molar-refractivity contribution is 0.0315. The molecule has 0 radical (unpaired) electrons. The number of aryl methyl sites for hydroxylation is 1. The van der Waals surface area contributed by atoms with Crippen molar-refractivity contribution in [3.05, 3.63) is 35.5 Å². The van der Waals surface area contributed by atoms with Crippen LogP contribution in [-0.4, -0.2) is 20.7 Å². The van der Waals surface area contributed by atoms with Gasteiger partial charge in [0.05, 0.1) is 0 Å². The van der Waals surface area contributed by atoms with Crippen molar-refractivity contribution < 1.29 is 9.50 Å². The lowest BCUT2D eigenvalue weighted by Gasteiger charge is -2.26. The third-order valence-electron chi connectivity index (χ3n) is 3.21. The second-order valence-electron chi connectivity index (χ2n) is 5.88. The number of imidazole rings is 1. The number of halogens is 1. The Labute approximate surface area is 112 Å². The van der Waals surface area contributed by atoms with Gasteiger partial charge in [-0.15, -0.1) is 0 Å². The molecule has 0 aliphatic rings. The molecule has 0 spiro atoms. The van der Waals surface area contributed by atoms with Crippen molar-refractivity contribution in [2.45, 2.75) is 40.5 Å². The molecule has 5 heteroatoms. The van der Waals surface area contributed by atoms with E-state index in [1.807, 2.05) is 32.1 Å². The highest BCUT2D eigenvalue weighted by molar-refractivity contribution is 5.49. The van der Waals surface area contributed by atoms with Crippen LogP contribution in [0.4, 0.5) is 4.39 Å². The Bertz CT molecular complexity index is 586. The molecule has 2 rings (SSSR count). The highest BCUT2D eigenvalue weighted by Crippen LogP contribution is 2.20. The summed E-state index contributed by atoms with van der Waals surface area (Å²) < 4.78 is 15.9. The van der Waals surface area contributed by atoms with Crippen molar-refractivity contribution >= 4 is 5.65 Å². The fourth-order valence-electron chi connectivity index (χ4n) is 1.93. The lowest BCUT2D eigenvalue weighted by Crippen LogP contribution is -2.39. The van der Waals surface area contributed by atoms with Gasteiger partial charge in [-0.1, -0.05) is 20.8 Å². The van der Waals surface area contributed by atoms with Crippen molar-refractivity contribution in [2.75, 3.05) is 0 Å². The van der Waals surface area contributed by atoms with Crippen LogP contribution in [0.25, 0.3) is 5.65 Å². The second kappa shape index (κ2) is 4.90. The predicted octanol–water partition coefficient (Wildman–Crippen LogP) is 2.24. The first kappa shape index (κ1) is 14.0. The predicted molar refractivity (Wildman–Crippen MR) is 72.2 cm³/mol. The van der Waals surface area contributed by atoms with Crippen molar-refractivity contribution in [3.8, 4) is 0 Å². The van der Waals surface area contributed by atoms with Gasteiger partial charge in [0.25, 0.3) is 0 Å². The first-order valence-electron chi connectivity index (χ1n) is 6.33. The fraction of sp³-hybridized carbons (Fsp3) is 0.500. The van der Waals surface area contributed by atoms with Gasteiger partial charge in [0, 0.05) is 35.6 Å². The molecule has 0 aliphatic heterocycles. The van der Waals surface area contributed by atoms with Crippen LogP contribution in [0.3, 0.4) is 0 Å². The fourth-order valence-corrected chi connectivity index (χ4v) is 1.93. The largest absolute Gasteiger partial charge is 0.378 e. The zero-order valence-electron chi connectivity index (χ0n) is 11.7. The van der Waals surface area contributed by atoms with Gasteiger partial charge in [0.2, 0.25) is 0 Å². The van der Waals surface area contributed by atoms with Gasteiger partial charge in [0.15, 0.2) is 0 Å². The molecule has 0 saturated carbocycles. The van der Waals surface area contributed by atoms with E-state index in [4.69, 9.17) is 0 Å². The molecule has 0 bridgehead atoms. The van der Waals surface area contributed by atoms with Crippen LogP contribution in [0, 0.1) is 18.2 Å². The van der Waals surface area contributed by atoms with E-state index in [2.05, 4.69) is 10.3 Å².